The highest BCUT2D eigenvalue weighted by molar-refractivity contribution is 5.81. The largest absolute Gasteiger partial charge is 0.374 e. The van der Waals surface area contributed by atoms with Crippen molar-refractivity contribution in [3.05, 3.63) is 42.1 Å². The molecule has 20 heavy (non-hydrogen) atoms. The maximum absolute atomic E-state index is 5.75. The third kappa shape index (κ3) is 2.98. The van der Waals surface area contributed by atoms with Crippen molar-refractivity contribution in [3.8, 4) is 0 Å². The van der Waals surface area contributed by atoms with Crippen molar-refractivity contribution in [1.29, 1.82) is 0 Å². The van der Waals surface area contributed by atoms with Gasteiger partial charge in [-0.05, 0) is 18.7 Å². The monoisotopic (exact) mass is 271 g/mol. The fourth-order valence-electron chi connectivity index (χ4n) is 2.81. The third-order valence-corrected chi connectivity index (χ3v) is 3.76. The summed E-state index contributed by atoms with van der Waals surface area (Å²) in [6, 6.07) is 10.5. The molecule has 2 aromatic rings. The van der Waals surface area contributed by atoms with Gasteiger partial charge in [-0.2, -0.15) is 0 Å². The molecule has 0 bridgehead atoms. The summed E-state index contributed by atoms with van der Waals surface area (Å²) >= 11 is 0. The standard InChI is InChI=1S/C16H21N3O/c1-17-10-15-12-19(8-9-20-15)11-14-5-2-4-13-6-3-7-18-16(13)14/h2-7,15,17H,8-12H2,1H3. The second-order valence-electron chi connectivity index (χ2n) is 5.28. The van der Waals surface area contributed by atoms with Crippen LogP contribution in [0.3, 0.4) is 0 Å². The zero-order valence-corrected chi connectivity index (χ0v) is 11.9. The molecule has 1 aliphatic heterocycles. The molecule has 0 radical (unpaired) electrons. The van der Waals surface area contributed by atoms with E-state index in [0.29, 0.717) is 0 Å². The summed E-state index contributed by atoms with van der Waals surface area (Å²) in [4.78, 5) is 6.99. The summed E-state index contributed by atoms with van der Waals surface area (Å²) in [5, 5.41) is 4.40. The van der Waals surface area contributed by atoms with E-state index < -0.39 is 0 Å². The van der Waals surface area contributed by atoms with Gasteiger partial charge in [-0.1, -0.05) is 24.3 Å². The first-order valence-electron chi connectivity index (χ1n) is 7.18. The number of morpholine rings is 1. The molecule has 1 aliphatic rings. The van der Waals surface area contributed by atoms with Crippen LogP contribution in [0.2, 0.25) is 0 Å². The van der Waals surface area contributed by atoms with Crippen LogP contribution in [0.4, 0.5) is 0 Å². The van der Waals surface area contributed by atoms with Crippen molar-refractivity contribution in [2.24, 2.45) is 0 Å². The molecule has 1 fully saturated rings. The predicted molar refractivity (Wildman–Crippen MR) is 80.7 cm³/mol. The molecule has 0 aliphatic carbocycles. The zero-order chi connectivity index (χ0) is 13.8. The van der Waals surface area contributed by atoms with Crippen molar-refractivity contribution in [2.75, 3.05) is 33.3 Å². The Hall–Kier alpha value is -1.49. The second kappa shape index (κ2) is 6.31. The van der Waals surface area contributed by atoms with Gasteiger partial charge in [-0.3, -0.25) is 9.88 Å². The Morgan fingerprint density at radius 2 is 2.25 bits per heavy atom. The van der Waals surface area contributed by atoms with Crippen LogP contribution in [0.1, 0.15) is 5.56 Å². The first-order chi connectivity index (χ1) is 9.86. The molecular formula is C16H21N3O. The lowest BCUT2D eigenvalue weighted by Gasteiger charge is -2.33. The number of rotatable bonds is 4. The molecule has 1 N–H and O–H groups in total. The number of fused-ring (bicyclic) bond motifs is 1. The fraction of sp³-hybridized carbons (Fsp3) is 0.438. The molecule has 4 nitrogen and oxygen atoms in total. The molecular weight excluding hydrogens is 250 g/mol. The van der Waals surface area contributed by atoms with Gasteiger partial charge in [0.05, 0.1) is 18.2 Å². The predicted octanol–water partition coefficient (Wildman–Crippen LogP) is 1.65. The minimum absolute atomic E-state index is 0.289. The molecule has 2 heterocycles. The maximum Gasteiger partial charge on any atom is 0.0826 e. The molecule has 1 aromatic heterocycles. The van der Waals surface area contributed by atoms with Crippen LogP contribution < -0.4 is 5.32 Å². The summed E-state index contributed by atoms with van der Waals surface area (Å²) in [6.45, 7) is 4.63. The Labute approximate surface area is 119 Å². The average Bonchev–Trinajstić information content (AvgIpc) is 2.48. The average molecular weight is 271 g/mol. The van der Waals surface area contributed by atoms with E-state index in [1.54, 1.807) is 0 Å². The van der Waals surface area contributed by atoms with Gasteiger partial charge >= 0.3 is 0 Å². The number of pyridine rings is 1. The number of aromatic nitrogens is 1. The Bertz CT molecular complexity index is 565. The van der Waals surface area contributed by atoms with Gasteiger partial charge < -0.3 is 10.1 Å². The SMILES string of the molecule is CNCC1CN(Cc2cccc3cccnc23)CCO1. The molecule has 1 atom stereocenters. The first kappa shape index (κ1) is 13.5. The number of likely N-dealkylation sites (N-methyl/N-ethyl adjacent to an activating group) is 1. The van der Waals surface area contributed by atoms with E-state index in [2.05, 4.69) is 39.5 Å². The third-order valence-electron chi connectivity index (χ3n) is 3.76. The van der Waals surface area contributed by atoms with E-state index in [1.807, 2.05) is 19.3 Å². The van der Waals surface area contributed by atoms with Crippen LogP contribution in [0.15, 0.2) is 36.5 Å². The summed E-state index contributed by atoms with van der Waals surface area (Å²) in [5.41, 5.74) is 2.42. The number of ether oxygens (including phenoxy) is 1. The Balaban J connectivity index is 1.76. The Kier molecular flexibility index (Phi) is 4.25. The van der Waals surface area contributed by atoms with E-state index in [1.165, 1.54) is 10.9 Å². The van der Waals surface area contributed by atoms with E-state index in [0.717, 1.165) is 38.3 Å². The molecule has 1 unspecified atom stereocenters. The first-order valence-corrected chi connectivity index (χ1v) is 7.18. The van der Waals surface area contributed by atoms with Crippen molar-refractivity contribution >= 4 is 10.9 Å². The summed E-state index contributed by atoms with van der Waals surface area (Å²) in [5.74, 6) is 0. The van der Waals surface area contributed by atoms with Crippen LogP contribution in [-0.4, -0.2) is 49.3 Å². The van der Waals surface area contributed by atoms with Crippen LogP contribution in [-0.2, 0) is 11.3 Å². The molecule has 0 amide bonds. The lowest BCUT2D eigenvalue weighted by Crippen LogP contribution is -2.45. The summed E-state index contributed by atoms with van der Waals surface area (Å²) in [7, 11) is 1.97. The minimum Gasteiger partial charge on any atom is -0.374 e. The smallest absolute Gasteiger partial charge is 0.0826 e. The Morgan fingerprint density at radius 1 is 1.35 bits per heavy atom. The van der Waals surface area contributed by atoms with Crippen LogP contribution in [0.25, 0.3) is 10.9 Å². The number of nitrogens with one attached hydrogen (secondary N) is 1. The highest BCUT2D eigenvalue weighted by Gasteiger charge is 2.20. The van der Waals surface area contributed by atoms with E-state index in [9.17, 15) is 0 Å². The second-order valence-corrected chi connectivity index (χ2v) is 5.28. The van der Waals surface area contributed by atoms with Gasteiger partial charge in [0.25, 0.3) is 0 Å². The normalized spacial score (nSPS) is 20.4. The molecule has 0 spiro atoms. The van der Waals surface area contributed by atoms with Gasteiger partial charge in [-0.25, -0.2) is 0 Å². The van der Waals surface area contributed by atoms with E-state index in [4.69, 9.17) is 4.74 Å². The minimum atomic E-state index is 0.289. The van der Waals surface area contributed by atoms with E-state index in [-0.39, 0.29) is 6.10 Å². The summed E-state index contributed by atoms with van der Waals surface area (Å²) < 4.78 is 5.75. The van der Waals surface area contributed by atoms with E-state index >= 15 is 0 Å². The van der Waals surface area contributed by atoms with Gasteiger partial charge in [0.1, 0.15) is 0 Å². The van der Waals surface area contributed by atoms with Crippen molar-refractivity contribution in [3.63, 3.8) is 0 Å². The van der Waals surface area contributed by atoms with Crippen molar-refractivity contribution in [1.82, 2.24) is 15.2 Å². The zero-order valence-electron chi connectivity index (χ0n) is 11.9. The highest BCUT2D eigenvalue weighted by atomic mass is 16.5. The molecule has 1 aromatic carbocycles. The van der Waals surface area contributed by atoms with Gasteiger partial charge in [0.15, 0.2) is 0 Å². The van der Waals surface area contributed by atoms with Gasteiger partial charge in [-0.15, -0.1) is 0 Å². The number of para-hydroxylation sites is 1. The molecule has 1 saturated heterocycles. The van der Waals surface area contributed by atoms with Crippen molar-refractivity contribution in [2.45, 2.75) is 12.6 Å². The molecule has 0 saturated carbocycles. The van der Waals surface area contributed by atoms with Gasteiger partial charge in [0.2, 0.25) is 0 Å². The summed E-state index contributed by atoms with van der Waals surface area (Å²) in [6.07, 6.45) is 2.16. The maximum atomic E-state index is 5.75. The fourth-order valence-corrected chi connectivity index (χ4v) is 2.81. The molecule has 3 rings (SSSR count). The van der Waals surface area contributed by atoms with Crippen LogP contribution in [0, 0.1) is 0 Å². The molecule has 4 heteroatoms. The Morgan fingerprint density at radius 3 is 3.15 bits per heavy atom. The number of nitrogens with zero attached hydrogens (tertiary/aromatic N) is 2. The lowest BCUT2D eigenvalue weighted by atomic mass is 10.1. The van der Waals surface area contributed by atoms with Crippen molar-refractivity contribution < 1.29 is 4.74 Å². The highest BCUT2D eigenvalue weighted by Crippen LogP contribution is 2.18. The quantitative estimate of drug-likeness (QED) is 0.917. The number of hydrogen-bond donors (Lipinski definition) is 1. The van der Waals surface area contributed by atoms with Crippen LogP contribution >= 0.6 is 0 Å². The van der Waals surface area contributed by atoms with Crippen LogP contribution in [0.5, 0.6) is 0 Å². The lowest BCUT2D eigenvalue weighted by molar-refractivity contribution is -0.0290. The van der Waals surface area contributed by atoms with Gasteiger partial charge in [0, 0.05) is 37.8 Å². The number of hydrogen-bond acceptors (Lipinski definition) is 4. The molecule has 106 valence electrons. The topological polar surface area (TPSA) is 37.4 Å². The number of benzene rings is 1.